The minimum absolute atomic E-state index is 0.340. The Bertz CT molecular complexity index is 928. The summed E-state index contributed by atoms with van der Waals surface area (Å²) in [6.45, 7) is 2.01. The maximum atomic E-state index is 13.8. The standard InChI is InChI=1S/C16H12BrFN4S/c1-10-2-4-11(5-3-10)15-20-21-16(23)22(15)19-9-12-8-13(17)6-7-14(12)18/h2-9H,1H3,(H,21,23)/b19-9-. The van der Waals surface area contributed by atoms with Gasteiger partial charge in [0.2, 0.25) is 4.77 Å². The van der Waals surface area contributed by atoms with Crippen LogP contribution in [-0.4, -0.2) is 21.1 Å². The molecule has 0 radical (unpaired) electrons. The zero-order valence-electron chi connectivity index (χ0n) is 12.1. The second-order valence-corrected chi connectivity index (χ2v) is 6.24. The molecule has 0 spiro atoms. The highest BCUT2D eigenvalue weighted by atomic mass is 79.9. The first-order valence-electron chi connectivity index (χ1n) is 6.78. The topological polar surface area (TPSA) is 46.0 Å². The van der Waals surface area contributed by atoms with Crippen molar-refractivity contribution < 1.29 is 4.39 Å². The van der Waals surface area contributed by atoms with Gasteiger partial charge in [-0.1, -0.05) is 45.8 Å². The summed E-state index contributed by atoms with van der Waals surface area (Å²) in [4.78, 5) is 0. The predicted molar refractivity (Wildman–Crippen MR) is 94.7 cm³/mol. The van der Waals surface area contributed by atoms with Crippen LogP contribution < -0.4 is 0 Å². The number of hydrogen-bond acceptors (Lipinski definition) is 3. The molecule has 3 aromatic rings. The zero-order chi connectivity index (χ0) is 16.4. The van der Waals surface area contributed by atoms with E-state index < -0.39 is 0 Å². The monoisotopic (exact) mass is 390 g/mol. The van der Waals surface area contributed by atoms with Gasteiger partial charge >= 0.3 is 0 Å². The summed E-state index contributed by atoms with van der Waals surface area (Å²) in [6, 6.07) is 12.5. The Kier molecular flexibility index (Phi) is 4.49. The number of aromatic nitrogens is 3. The molecule has 0 bridgehead atoms. The van der Waals surface area contributed by atoms with E-state index in [1.807, 2.05) is 31.2 Å². The summed E-state index contributed by atoms with van der Waals surface area (Å²) >= 11 is 8.51. The van der Waals surface area contributed by atoms with Gasteiger partial charge in [0.25, 0.3) is 0 Å². The molecule has 0 aliphatic carbocycles. The van der Waals surface area contributed by atoms with E-state index in [2.05, 4.69) is 31.2 Å². The third-order valence-electron chi connectivity index (χ3n) is 3.23. The van der Waals surface area contributed by atoms with Gasteiger partial charge in [0, 0.05) is 15.6 Å². The zero-order valence-corrected chi connectivity index (χ0v) is 14.5. The Morgan fingerprint density at radius 3 is 2.74 bits per heavy atom. The van der Waals surface area contributed by atoms with Gasteiger partial charge in [-0.05, 0) is 37.3 Å². The molecule has 0 fully saturated rings. The summed E-state index contributed by atoms with van der Waals surface area (Å²) in [6.07, 6.45) is 1.42. The van der Waals surface area contributed by atoms with E-state index in [9.17, 15) is 4.39 Å². The molecule has 3 rings (SSSR count). The predicted octanol–water partition coefficient (Wildman–Crippen LogP) is 4.70. The van der Waals surface area contributed by atoms with Crippen molar-refractivity contribution in [3.8, 4) is 11.4 Å². The maximum Gasteiger partial charge on any atom is 0.216 e. The minimum Gasteiger partial charge on any atom is -0.250 e. The fourth-order valence-corrected chi connectivity index (χ4v) is 2.58. The van der Waals surface area contributed by atoms with Gasteiger partial charge in [0.1, 0.15) is 5.82 Å². The van der Waals surface area contributed by atoms with Crippen LogP contribution in [0.3, 0.4) is 0 Å². The summed E-state index contributed by atoms with van der Waals surface area (Å²) in [5.41, 5.74) is 2.38. The van der Waals surface area contributed by atoms with Crippen LogP contribution in [0.4, 0.5) is 4.39 Å². The van der Waals surface area contributed by atoms with E-state index in [-0.39, 0.29) is 5.82 Å². The van der Waals surface area contributed by atoms with Crippen LogP contribution in [0, 0.1) is 17.5 Å². The van der Waals surface area contributed by atoms with Gasteiger partial charge in [-0.25, -0.2) is 9.49 Å². The first kappa shape index (κ1) is 15.8. The number of hydrogen-bond donors (Lipinski definition) is 1. The highest BCUT2D eigenvalue weighted by Crippen LogP contribution is 2.18. The van der Waals surface area contributed by atoms with Gasteiger partial charge in [0.15, 0.2) is 5.82 Å². The van der Waals surface area contributed by atoms with Crippen molar-refractivity contribution in [1.29, 1.82) is 0 Å². The summed E-state index contributed by atoms with van der Waals surface area (Å²) in [5, 5.41) is 11.2. The molecule has 0 aliphatic rings. The summed E-state index contributed by atoms with van der Waals surface area (Å²) in [7, 11) is 0. The largest absolute Gasteiger partial charge is 0.250 e. The Morgan fingerprint density at radius 1 is 1.26 bits per heavy atom. The van der Waals surface area contributed by atoms with Crippen LogP contribution in [0.5, 0.6) is 0 Å². The number of nitrogens with zero attached hydrogens (tertiary/aromatic N) is 3. The number of benzene rings is 2. The maximum absolute atomic E-state index is 13.8. The van der Waals surface area contributed by atoms with E-state index >= 15 is 0 Å². The number of aromatic amines is 1. The van der Waals surface area contributed by atoms with Crippen LogP contribution in [0.2, 0.25) is 0 Å². The lowest BCUT2D eigenvalue weighted by molar-refractivity contribution is 0.625. The molecule has 1 aromatic heterocycles. The van der Waals surface area contributed by atoms with Gasteiger partial charge in [-0.15, -0.1) is 0 Å². The third-order valence-corrected chi connectivity index (χ3v) is 3.99. The summed E-state index contributed by atoms with van der Waals surface area (Å²) < 4.78 is 16.4. The summed E-state index contributed by atoms with van der Waals surface area (Å²) in [5.74, 6) is 0.213. The van der Waals surface area contributed by atoms with Crippen molar-refractivity contribution in [2.24, 2.45) is 5.10 Å². The van der Waals surface area contributed by atoms with E-state index in [1.54, 1.807) is 12.1 Å². The smallest absolute Gasteiger partial charge is 0.216 e. The van der Waals surface area contributed by atoms with Crippen LogP contribution >= 0.6 is 28.1 Å². The molecule has 23 heavy (non-hydrogen) atoms. The van der Waals surface area contributed by atoms with E-state index in [0.29, 0.717) is 16.2 Å². The van der Waals surface area contributed by atoms with Crippen LogP contribution in [0.15, 0.2) is 52.0 Å². The number of halogens is 2. The lowest BCUT2D eigenvalue weighted by Gasteiger charge is -2.02. The van der Waals surface area contributed by atoms with Crippen molar-refractivity contribution in [2.75, 3.05) is 0 Å². The first-order chi connectivity index (χ1) is 11.0. The van der Waals surface area contributed by atoms with Crippen LogP contribution in [-0.2, 0) is 0 Å². The molecule has 0 amide bonds. The lowest BCUT2D eigenvalue weighted by Crippen LogP contribution is -1.96. The second kappa shape index (κ2) is 6.55. The number of aryl methyl sites for hydroxylation is 1. The molecule has 2 aromatic carbocycles. The third kappa shape index (κ3) is 3.46. The average Bonchev–Trinajstić information content (AvgIpc) is 2.90. The molecule has 0 atom stereocenters. The fourth-order valence-electron chi connectivity index (χ4n) is 2.02. The van der Waals surface area contributed by atoms with Crippen molar-refractivity contribution in [3.63, 3.8) is 0 Å². The molecule has 4 nitrogen and oxygen atoms in total. The molecular formula is C16H12BrFN4S. The highest BCUT2D eigenvalue weighted by molar-refractivity contribution is 9.10. The van der Waals surface area contributed by atoms with Gasteiger partial charge in [-0.3, -0.25) is 0 Å². The Labute approximate surface area is 145 Å². The normalized spacial score (nSPS) is 11.3. The van der Waals surface area contributed by atoms with Gasteiger partial charge in [-0.2, -0.15) is 14.9 Å². The first-order valence-corrected chi connectivity index (χ1v) is 7.98. The molecule has 7 heteroatoms. The highest BCUT2D eigenvalue weighted by Gasteiger charge is 2.08. The molecule has 1 N–H and O–H groups in total. The van der Waals surface area contributed by atoms with Crippen molar-refractivity contribution >= 4 is 34.4 Å². The Balaban J connectivity index is 2.02. The second-order valence-electron chi connectivity index (χ2n) is 4.94. The quantitative estimate of drug-likeness (QED) is 0.520. The lowest BCUT2D eigenvalue weighted by atomic mass is 10.1. The molecule has 0 saturated heterocycles. The van der Waals surface area contributed by atoms with E-state index in [4.69, 9.17) is 12.2 Å². The van der Waals surface area contributed by atoms with Gasteiger partial charge in [0.05, 0.1) is 6.21 Å². The van der Waals surface area contributed by atoms with Crippen LogP contribution in [0.1, 0.15) is 11.1 Å². The van der Waals surface area contributed by atoms with Crippen molar-refractivity contribution in [1.82, 2.24) is 14.9 Å². The average molecular weight is 391 g/mol. The molecular weight excluding hydrogens is 379 g/mol. The molecule has 0 unspecified atom stereocenters. The molecule has 116 valence electrons. The Hall–Kier alpha value is -2.12. The Morgan fingerprint density at radius 2 is 2.00 bits per heavy atom. The molecule has 1 heterocycles. The van der Waals surface area contributed by atoms with Crippen molar-refractivity contribution in [3.05, 3.63) is 68.7 Å². The van der Waals surface area contributed by atoms with Crippen molar-refractivity contribution in [2.45, 2.75) is 6.92 Å². The number of H-pyrrole nitrogens is 1. The van der Waals surface area contributed by atoms with Crippen LogP contribution in [0.25, 0.3) is 11.4 Å². The number of nitrogens with one attached hydrogen (secondary N) is 1. The molecule has 0 saturated carbocycles. The number of rotatable bonds is 3. The van der Waals surface area contributed by atoms with E-state index in [0.717, 1.165) is 15.6 Å². The minimum atomic E-state index is -0.358. The molecule has 0 aliphatic heterocycles. The van der Waals surface area contributed by atoms with Gasteiger partial charge < -0.3 is 0 Å². The fraction of sp³-hybridized carbons (Fsp3) is 0.0625. The SMILES string of the molecule is Cc1ccc(-c2n[nH]c(=S)n2/N=C\c2cc(Br)ccc2F)cc1. The van der Waals surface area contributed by atoms with E-state index in [1.165, 1.54) is 17.0 Å².